The molecule has 3 aromatic rings. The van der Waals surface area contributed by atoms with Gasteiger partial charge in [-0.1, -0.05) is 45.7 Å². The molecule has 0 bridgehead atoms. The molecule has 0 spiro atoms. The Hall–Kier alpha value is -0.870. The van der Waals surface area contributed by atoms with E-state index in [1.54, 1.807) is 11.3 Å². The Morgan fingerprint density at radius 1 is 1.15 bits per heavy atom. The maximum atomic E-state index is 6.39. The number of thiophene rings is 1. The summed E-state index contributed by atoms with van der Waals surface area (Å²) in [6.07, 6.45) is 0. The number of halogens is 2. The molecular formula is C16H13BrClNS. The number of hydrogen-bond donors (Lipinski definition) is 1. The lowest BCUT2D eigenvalue weighted by molar-refractivity contribution is 0.697. The van der Waals surface area contributed by atoms with Gasteiger partial charge in [-0.05, 0) is 53.2 Å². The van der Waals surface area contributed by atoms with Gasteiger partial charge in [0.05, 0.1) is 6.04 Å². The van der Waals surface area contributed by atoms with Crippen molar-refractivity contribution in [3.05, 3.63) is 68.5 Å². The minimum Gasteiger partial charge on any atom is -0.309 e. The Labute approximate surface area is 135 Å². The third-order valence-corrected chi connectivity index (χ3v) is 5.19. The second-order valence-corrected chi connectivity index (χ2v) is 6.81. The fourth-order valence-corrected chi connectivity index (χ4v) is 4.01. The predicted octanol–water partition coefficient (Wildman–Crippen LogP) is 5.63. The standard InChI is InChI=1S/C16H13BrClNS/c1-19-15(13-9-11(17)5-6-14(13)18)12-4-2-3-10-7-8-20-16(10)12/h2-9,15,19H,1H3. The van der Waals surface area contributed by atoms with E-state index in [0.29, 0.717) is 0 Å². The first-order chi connectivity index (χ1) is 9.70. The summed E-state index contributed by atoms with van der Waals surface area (Å²) < 4.78 is 2.35. The highest BCUT2D eigenvalue weighted by molar-refractivity contribution is 9.10. The maximum Gasteiger partial charge on any atom is 0.0603 e. The molecule has 0 saturated carbocycles. The molecule has 0 fully saturated rings. The van der Waals surface area contributed by atoms with Crippen LogP contribution in [0.25, 0.3) is 10.1 Å². The summed E-state index contributed by atoms with van der Waals surface area (Å²) in [4.78, 5) is 0. The van der Waals surface area contributed by atoms with E-state index in [0.717, 1.165) is 15.1 Å². The van der Waals surface area contributed by atoms with Crippen molar-refractivity contribution < 1.29 is 0 Å². The molecule has 0 amide bonds. The van der Waals surface area contributed by atoms with Crippen LogP contribution in [-0.4, -0.2) is 7.05 Å². The molecule has 0 aliphatic carbocycles. The number of rotatable bonds is 3. The second kappa shape index (κ2) is 5.86. The highest BCUT2D eigenvalue weighted by atomic mass is 79.9. The van der Waals surface area contributed by atoms with Crippen LogP contribution in [0.1, 0.15) is 17.2 Å². The van der Waals surface area contributed by atoms with Gasteiger partial charge in [0.15, 0.2) is 0 Å². The fraction of sp³-hybridized carbons (Fsp3) is 0.125. The van der Waals surface area contributed by atoms with Crippen LogP contribution in [0.5, 0.6) is 0 Å². The molecule has 20 heavy (non-hydrogen) atoms. The molecule has 1 heterocycles. The predicted molar refractivity (Wildman–Crippen MR) is 91.9 cm³/mol. The molecule has 102 valence electrons. The topological polar surface area (TPSA) is 12.0 Å². The molecule has 0 aliphatic rings. The van der Waals surface area contributed by atoms with Gasteiger partial charge in [0.1, 0.15) is 0 Å². The van der Waals surface area contributed by atoms with Gasteiger partial charge in [-0.25, -0.2) is 0 Å². The van der Waals surface area contributed by atoms with E-state index in [-0.39, 0.29) is 6.04 Å². The summed E-state index contributed by atoms with van der Waals surface area (Å²) in [5.41, 5.74) is 2.35. The molecule has 1 atom stereocenters. The van der Waals surface area contributed by atoms with E-state index in [1.165, 1.54) is 15.6 Å². The monoisotopic (exact) mass is 365 g/mol. The van der Waals surface area contributed by atoms with E-state index in [2.05, 4.69) is 57.0 Å². The molecule has 1 aromatic heterocycles. The molecule has 4 heteroatoms. The fourth-order valence-electron chi connectivity index (χ4n) is 2.46. The smallest absolute Gasteiger partial charge is 0.0603 e. The largest absolute Gasteiger partial charge is 0.309 e. The van der Waals surface area contributed by atoms with Crippen molar-refractivity contribution in [3.8, 4) is 0 Å². The minimum absolute atomic E-state index is 0.0855. The lowest BCUT2D eigenvalue weighted by atomic mass is 9.98. The molecule has 2 aromatic carbocycles. The number of fused-ring (bicyclic) bond motifs is 1. The average Bonchev–Trinajstić information content (AvgIpc) is 2.92. The minimum atomic E-state index is 0.0855. The summed E-state index contributed by atoms with van der Waals surface area (Å²) in [5, 5.41) is 7.57. The van der Waals surface area contributed by atoms with Gasteiger partial charge in [0, 0.05) is 14.2 Å². The van der Waals surface area contributed by atoms with Crippen LogP contribution in [0.2, 0.25) is 5.02 Å². The molecule has 1 nitrogen and oxygen atoms in total. The molecular weight excluding hydrogens is 354 g/mol. The number of hydrogen-bond acceptors (Lipinski definition) is 2. The SMILES string of the molecule is CNC(c1cc(Br)ccc1Cl)c1cccc2ccsc12. The average molecular weight is 367 g/mol. The Bertz CT molecular complexity index is 753. The van der Waals surface area contributed by atoms with Gasteiger partial charge in [0.2, 0.25) is 0 Å². The third-order valence-electron chi connectivity index (χ3n) is 3.38. The van der Waals surface area contributed by atoms with Crippen molar-refractivity contribution in [1.29, 1.82) is 0 Å². The first kappa shape index (κ1) is 14.1. The quantitative estimate of drug-likeness (QED) is 0.634. The Morgan fingerprint density at radius 2 is 2.00 bits per heavy atom. The normalized spacial score (nSPS) is 12.8. The van der Waals surface area contributed by atoms with Crippen LogP contribution in [0, 0.1) is 0 Å². The summed E-state index contributed by atoms with van der Waals surface area (Å²) in [5.74, 6) is 0. The van der Waals surface area contributed by atoms with Crippen molar-refractivity contribution in [2.75, 3.05) is 7.05 Å². The highest BCUT2D eigenvalue weighted by Gasteiger charge is 2.18. The van der Waals surface area contributed by atoms with Crippen molar-refractivity contribution in [1.82, 2.24) is 5.32 Å². The van der Waals surface area contributed by atoms with Gasteiger partial charge >= 0.3 is 0 Å². The molecule has 0 saturated heterocycles. The van der Waals surface area contributed by atoms with Crippen LogP contribution in [0.3, 0.4) is 0 Å². The van der Waals surface area contributed by atoms with Gasteiger partial charge in [-0.3, -0.25) is 0 Å². The van der Waals surface area contributed by atoms with E-state index in [4.69, 9.17) is 11.6 Å². The lowest BCUT2D eigenvalue weighted by Gasteiger charge is -2.19. The first-order valence-electron chi connectivity index (χ1n) is 6.29. The van der Waals surface area contributed by atoms with E-state index in [1.807, 2.05) is 19.2 Å². The van der Waals surface area contributed by atoms with Crippen molar-refractivity contribution in [3.63, 3.8) is 0 Å². The van der Waals surface area contributed by atoms with Crippen molar-refractivity contribution in [2.24, 2.45) is 0 Å². The Balaban J connectivity index is 2.19. The van der Waals surface area contributed by atoms with Crippen LogP contribution >= 0.6 is 38.9 Å². The van der Waals surface area contributed by atoms with Crippen LogP contribution < -0.4 is 5.32 Å². The third kappa shape index (κ3) is 2.51. The van der Waals surface area contributed by atoms with Crippen LogP contribution in [0.15, 0.2) is 52.3 Å². The summed E-state index contributed by atoms with van der Waals surface area (Å²) >= 11 is 11.7. The summed E-state index contributed by atoms with van der Waals surface area (Å²) in [6.45, 7) is 0. The molecule has 0 aliphatic heterocycles. The van der Waals surface area contributed by atoms with Crippen LogP contribution in [0.4, 0.5) is 0 Å². The van der Waals surface area contributed by atoms with Crippen molar-refractivity contribution >= 4 is 49.0 Å². The van der Waals surface area contributed by atoms with Gasteiger partial charge in [-0.15, -0.1) is 11.3 Å². The molecule has 1 N–H and O–H groups in total. The lowest BCUT2D eigenvalue weighted by Crippen LogP contribution is -2.18. The number of nitrogens with one attached hydrogen (secondary N) is 1. The zero-order valence-electron chi connectivity index (χ0n) is 10.9. The maximum absolute atomic E-state index is 6.39. The van der Waals surface area contributed by atoms with Crippen molar-refractivity contribution in [2.45, 2.75) is 6.04 Å². The highest BCUT2D eigenvalue weighted by Crippen LogP contribution is 2.35. The molecule has 3 rings (SSSR count). The van der Waals surface area contributed by atoms with E-state index in [9.17, 15) is 0 Å². The van der Waals surface area contributed by atoms with E-state index >= 15 is 0 Å². The van der Waals surface area contributed by atoms with Crippen LogP contribution in [-0.2, 0) is 0 Å². The zero-order valence-corrected chi connectivity index (χ0v) is 14.0. The van der Waals surface area contributed by atoms with Gasteiger partial charge < -0.3 is 5.32 Å². The molecule has 1 unspecified atom stereocenters. The van der Waals surface area contributed by atoms with Gasteiger partial charge in [0.25, 0.3) is 0 Å². The Kier molecular flexibility index (Phi) is 4.13. The second-order valence-electron chi connectivity index (χ2n) is 4.57. The van der Waals surface area contributed by atoms with Gasteiger partial charge in [-0.2, -0.15) is 0 Å². The zero-order chi connectivity index (χ0) is 14.1. The summed E-state index contributed by atoms with van der Waals surface area (Å²) in [7, 11) is 1.97. The molecule has 0 radical (unpaired) electrons. The first-order valence-corrected chi connectivity index (χ1v) is 8.34. The Morgan fingerprint density at radius 3 is 2.80 bits per heavy atom. The van der Waals surface area contributed by atoms with E-state index < -0.39 is 0 Å². The number of benzene rings is 2. The summed E-state index contributed by atoms with van der Waals surface area (Å²) in [6, 6.07) is 14.6.